The Kier molecular flexibility index (Phi) is 2.03. The maximum absolute atomic E-state index is 11.3. The average molecular weight is 188 g/mol. The lowest BCUT2D eigenvalue weighted by atomic mass is 11.0. The third kappa shape index (κ3) is 1.56. The molecule has 0 saturated heterocycles. The van der Waals surface area contributed by atoms with Crippen LogP contribution in [0.1, 0.15) is 6.92 Å². The molecule has 0 aliphatic heterocycles. The van der Waals surface area contributed by atoms with Crippen LogP contribution >= 0.6 is 0 Å². The van der Waals surface area contributed by atoms with Crippen LogP contribution in [-0.2, 0) is 17.2 Å². The molecule has 0 aromatic rings. The molecule has 0 radical (unpaired) electrons. The SMILES string of the molecule is CCS(C)(C)(=O)S(=O)(=O)O. The van der Waals surface area contributed by atoms with Crippen molar-refractivity contribution >= 4 is 17.2 Å². The summed E-state index contributed by atoms with van der Waals surface area (Å²) in [5.74, 6) is -0.0595. The van der Waals surface area contributed by atoms with E-state index in [-0.39, 0.29) is 5.75 Å². The predicted molar refractivity (Wildman–Crippen MR) is 42.1 cm³/mol. The van der Waals surface area contributed by atoms with Crippen LogP contribution in [0.5, 0.6) is 0 Å². The van der Waals surface area contributed by atoms with Crippen LogP contribution in [0.4, 0.5) is 0 Å². The Bertz CT molecular complexity index is 280. The molecule has 0 aliphatic rings. The monoisotopic (exact) mass is 188 g/mol. The van der Waals surface area contributed by atoms with Crippen molar-refractivity contribution in [2.24, 2.45) is 0 Å². The molecule has 0 saturated carbocycles. The molecule has 0 amide bonds. The van der Waals surface area contributed by atoms with Gasteiger partial charge in [0.05, 0.1) is 0 Å². The van der Waals surface area contributed by atoms with Crippen LogP contribution < -0.4 is 0 Å². The van der Waals surface area contributed by atoms with Crippen LogP contribution in [0.3, 0.4) is 0 Å². The van der Waals surface area contributed by atoms with E-state index in [0.29, 0.717) is 0 Å². The molecule has 0 spiro atoms. The molecule has 1 N–H and O–H groups in total. The highest BCUT2D eigenvalue weighted by Crippen LogP contribution is 2.23. The molecular formula is C4H12O4S2. The van der Waals surface area contributed by atoms with Gasteiger partial charge in [-0.05, 0) is 0 Å². The van der Waals surface area contributed by atoms with Gasteiger partial charge < -0.3 is 0 Å². The molecule has 0 aromatic heterocycles. The van der Waals surface area contributed by atoms with Gasteiger partial charge in [-0.15, -0.1) is 0 Å². The molecule has 0 bridgehead atoms. The first-order valence-electron chi connectivity index (χ1n) is 2.66. The molecule has 0 aliphatic carbocycles. The van der Waals surface area contributed by atoms with E-state index in [4.69, 9.17) is 4.55 Å². The maximum atomic E-state index is 11.3. The van der Waals surface area contributed by atoms with Crippen molar-refractivity contribution in [1.29, 1.82) is 0 Å². The van der Waals surface area contributed by atoms with Crippen molar-refractivity contribution in [2.75, 3.05) is 18.3 Å². The van der Waals surface area contributed by atoms with E-state index in [2.05, 4.69) is 0 Å². The lowest BCUT2D eigenvalue weighted by Crippen LogP contribution is -2.40. The van der Waals surface area contributed by atoms with Gasteiger partial charge in [-0.2, -0.15) is 8.42 Å². The molecule has 0 aromatic carbocycles. The summed E-state index contributed by atoms with van der Waals surface area (Å²) >= 11 is 0. The summed E-state index contributed by atoms with van der Waals surface area (Å²) in [6, 6.07) is 0. The van der Waals surface area contributed by atoms with Gasteiger partial charge >= 0.3 is 9.15 Å². The largest absolute Gasteiger partial charge is 0.326 e. The van der Waals surface area contributed by atoms with Crippen LogP contribution in [0, 0.1) is 0 Å². The van der Waals surface area contributed by atoms with Crippen molar-refractivity contribution in [3.8, 4) is 0 Å². The zero-order chi connectivity index (χ0) is 8.65. The Balaban J connectivity index is 5.36. The van der Waals surface area contributed by atoms with Crippen LogP contribution in [0.2, 0.25) is 0 Å². The molecule has 0 unspecified atom stereocenters. The summed E-state index contributed by atoms with van der Waals surface area (Å²) in [5.41, 5.74) is 0. The molecule has 0 fully saturated rings. The Morgan fingerprint density at radius 1 is 1.40 bits per heavy atom. The van der Waals surface area contributed by atoms with Gasteiger partial charge in [0.2, 0.25) is 0 Å². The van der Waals surface area contributed by atoms with Crippen LogP contribution in [0.25, 0.3) is 0 Å². The number of hydrogen-bond acceptors (Lipinski definition) is 3. The zero-order valence-electron chi connectivity index (χ0n) is 6.20. The number of rotatable bonds is 2. The summed E-state index contributed by atoms with van der Waals surface area (Å²) < 4.78 is 40.8. The van der Waals surface area contributed by atoms with Crippen LogP contribution in [-0.4, -0.2) is 35.4 Å². The van der Waals surface area contributed by atoms with Crippen molar-refractivity contribution in [1.82, 2.24) is 0 Å². The third-order valence-corrected chi connectivity index (χ3v) is 9.05. The lowest BCUT2D eigenvalue weighted by Gasteiger charge is -2.27. The Morgan fingerprint density at radius 3 is 1.70 bits per heavy atom. The minimum atomic E-state index is -4.40. The van der Waals surface area contributed by atoms with Crippen molar-refractivity contribution in [3.05, 3.63) is 0 Å². The van der Waals surface area contributed by atoms with Gasteiger partial charge in [-0.25, -0.2) is 0 Å². The molecule has 6 heteroatoms. The van der Waals surface area contributed by atoms with Crippen LogP contribution in [0.15, 0.2) is 0 Å². The van der Waals surface area contributed by atoms with E-state index in [1.54, 1.807) is 0 Å². The van der Waals surface area contributed by atoms with E-state index in [0.717, 1.165) is 12.5 Å². The van der Waals surface area contributed by atoms with Gasteiger partial charge in [-0.1, -0.05) is 6.92 Å². The Hall–Kier alpha value is 0.0600. The van der Waals surface area contributed by atoms with E-state index >= 15 is 0 Å². The average Bonchev–Trinajstić information content (AvgIpc) is 1.62. The Labute approximate surface area is 60.2 Å². The van der Waals surface area contributed by atoms with Crippen molar-refractivity contribution < 1.29 is 17.2 Å². The molecule has 0 rings (SSSR count). The normalized spacial score (nSPS) is 17.8. The van der Waals surface area contributed by atoms with Gasteiger partial charge in [-0.3, -0.25) is 8.76 Å². The second kappa shape index (κ2) is 2.02. The molecule has 0 atom stereocenters. The van der Waals surface area contributed by atoms with Crippen molar-refractivity contribution in [2.45, 2.75) is 6.92 Å². The van der Waals surface area contributed by atoms with E-state index < -0.39 is 17.2 Å². The van der Waals surface area contributed by atoms with Gasteiger partial charge in [0.25, 0.3) is 0 Å². The first kappa shape index (κ1) is 10.1. The quantitative estimate of drug-likeness (QED) is 0.485. The van der Waals surface area contributed by atoms with Crippen molar-refractivity contribution in [3.63, 3.8) is 0 Å². The summed E-state index contributed by atoms with van der Waals surface area (Å²) in [5, 5.41) is 0. The smallest absolute Gasteiger partial charge is 0.277 e. The highest BCUT2D eigenvalue weighted by molar-refractivity contribution is 8.79. The standard InChI is InChI=1S/C4H12O4S2/c1-4-10(2,3,8)9(5,6)7/h4H2,1-3H3,(H,5,6,7). The van der Waals surface area contributed by atoms with Gasteiger partial charge in [0.15, 0.2) is 0 Å². The third-order valence-electron chi connectivity index (χ3n) is 1.47. The van der Waals surface area contributed by atoms with E-state index in [1.165, 1.54) is 6.92 Å². The molecule has 4 nitrogen and oxygen atoms in total. The maximum Gasteiger partial charge on any atom is 0.326 e. The fourth-order valence-electron chi connectivity index (χ4n) is 0.149. The second-order valence-electron chi connectivity index (χ2n) is 2.67. The first-order chi connectivity index (χ1) is 4.09. The highest BCUT2D eigenvalue weighted by Gasteiger charge is 2.37. The predicted octanol–water partition coefficient (Wildman–Crippen LogP) is -0.111. The lowest BCUT2D eigenvalue weighted by molar-refractivity contribution is 0.497. The van der Waals surface area contributed by atoms with E-state index in [1.807, 2.05) is 0 Å². The van der Waals surface area contributed by atoms with Gasteiger partial charge in [0.1, 0.15) is 0 Å². The van der Waals surface area contributed by atoms with E-state index in [9.17, 15) is 12.6 Å². The minimum absolute atomic E-state index is 0.0595. The highest BCUT2D eigenvalue weighted by atomic mass is 33.2. The molecule has 10 heavy (non-hydrogen) atoms. The summed E-state index contributed by atoms with van der Waals surface area (Å²) in [7, 11) is -8.22. The molecular weight excluding hydrogens is 176 g/mol. The summed E-state index contributed by atoms with van der Waals surface area (Å²) in [6.07, 6.45) is 2.12. The fourth-order valence-corrected chi connectivity index (χ4v) is 1.34. The molecule has 0 heterocycles. The minimum Gasteiger partial charge on any atom is -0.277 e. The fraction of sp³-hybridized carbons (Fsp3) is 1.00. The zero-order valence-corrected chi connectivity index (χ0v) is 7.83. The summed E-state index contributed by atoms with van der Waals surface area (Å²) in [4.78, 5) is 0. The summed E-state index contributed by atoms with van der Waals surface area (Å²) in [6.45, 7) is 1.46. The number of hydrogen-bond donors (Lipinski definition) is 1. The second-order valence-corrected chi connectivity index (χ2v) is 12.4. The molecule has 64 valence electrons. The Morgan fingerprint density at radius 2 is 1.70 bits per heavy atom. The van der Waals surface area contributed by atoms with Gasteiger partial charge in [0, 0.05) is 26.4 Å². The topological polar surface area (TPSA) is 71.4 Å². The first-order valence-corrected chi connectivity index (χ1v) is 7.57.